The zero-order valence-corrected chi connectivity index (χ0v) is 15.2. The van der Waals surface area contributed by atoms with Crippen molar-refractivity contribution in [3.8, 4) is 0 Å². The third-order valence-corrected chi connectivity index (χ3v) is 5.56. The van der Waals surface area contributed by atoms with E-state index < -0.39 is 5.97 Å². The predicted molar refractivity (Wildman–Crippen MR) is 99.1 cm³/mol. The van der Waals surface area contributed by atoms with Crippen molar-refractivity contribution in [3.05, 3.63) is 35.9 Å². The monoisotopic (exact) mass is 331 g/mol. The van der Waals surface area contributed by atoms with Crippen molar-refractivity contribution in [1.82, 2.24) is 5.32 Å². The van der Waals surface area contributed by atoms with Gasteiger partial charge < -0.3 is 10.4 Å². The summed E-state index contributed by atoms with van der Waals surface area (Å²) in [5.74, 6) is 1.75. The second kappa shape index (κ2) is 9.83. The molecular formula is C21H33NO2. The van der Waals surface area contributed by atoms with Gasteiger partial charge in [0.25, 0.3) is 0 Å². The summed E-state index contributed by atoms with van der Waals surface area (Å²) < 4.78 is 0. The molecule has 3 nitrogen and oxygen atoms in total. The topological polar surface area (TPSA) is 49.3 Å². The van der Waals surface area contributed by atoms with E-state index in [0.717, 1.165) is 30.7 Å². The molecule has 0 aromatic heterocycles. The minimum atomic E-state index is -0.702. The summed E-state index contributed by atoms with van der Waals surface area (Å²) in [6.07, 6.45) is 7.18. The van der Waals surface area contributed by atoms with Crippen molar-refractivity contribution in [2.45, 2.75) is 64.8 Å². The molecule has 0 aliphatic heterocycles. The molecule has 1 unspecified atom stereocenters. The van der Waals surface area contributed by atoms with Crippen molar-refractivity contribution < 1.29 is 9.90 Å². The first-order chi connectivity index (χ1) is 11.5. The van der Waals surface area contributed by atoms with Gasteiger partial charge in [-0.05, 0) is 68.4 Å². The van der Waals surface area contributed by atoms with Gasteiger partial charge in [0.2, 0.25) is 0 Å². The van der Waals surface area contributed by atoms with Crippen LogP contribution in [0.1, 0.15) is 57.9 Å². The molecule has 1 aliphatic rings. The highest BCUT2D eigenvalue weighted by Crippen LogP contribution is 2.32. The fraction of sp³-hybridized carbons (Fsp3) is 0.667. The fourth-order valence-corrected chi connectivity index (χ4v) is 3.86. The first-order valence-corrected chi connectivity index (χ1v) is 9.53. The summed E-state index contributed by atoms with van der Waals surface area (Å²) in [5, 5.41) is 12.7. The summed E-state index contributed by atoms with van der Waals surface area (Å²) in [4.78, 5) is 10.9. The summed E-state index contributed by atoms with van der Waals surface area (Å²) in [6.45, 7) is 5.71. The van der Waals surface area contributed by atoms with Crippen molar-refractivity contribution >= 4 is 5.97 Å². The lowest BCUT2D eigenvalue weighted by Gasteiger charge is -2.32. The molecule has 3 heteroatoms. The largest absolute Gasteiger partial charge is 0.481 e. The Labute approximate surface area is 146 Å². The van der Waals surface area contributed by atoms with E-state index in [-0.39, 0.29) is 12.5 Å². The molecule has 0 amide bonds. The van der Waals surface area contributed by atoms with E-state index in [1.165, 1.54) is 31.2 Å². The van der Waals surface area contributed by atoms with Crippen LogP contribution in [0.3, 0.4) is 0 Å². The van der Waals surface area contributed by atoms with Gasteiger partial charge in [-0.25, -0.2) is 0 Å². The second-order valence-corrected chi connectivity index (χ2v) is 7.75. The maximum Gasteiger partial charge on any atom is 0.303 e. The van der Waals surface area contributed by atoms with Crippen LogP contribution < -0.4 is 5.32 Å². The van der Waals surface area contributed by atoms with Crippen LogP contribution in [0.5, 0.6) is 0 Å². The number of carboxylic acid groups (broad SMARTS) is 1. The van der Waals surface area contributed by atoms with E-state index in [9.17, 15) is 4.79 Å². The van der Waals surface area contributed by atoms with Gasteiger partial charge in [0.1, 0.15) is 0 Å². The number of aliphatic carboxylic acids is 1. The van der Waals surface area contributed by atoms with E-state index in [1.807, 2.05) is 6.07 Å². The number of rotatable bonds is 9. The lowest BCUT2D eigenvalue weighted by Crippen LogP contribution is -2.37. The Morgan fingerprint density at radius 1 is 1.17 bits per heavy atom. The predicted octanol–water partition coefficient (Wildman–Crippen LogP) is 4.51. The number of carbonyl (C=O) groups is 1. The average Bonchev–Trinajstić information content (AvgIpc) is 2.58. The first-order valence-electron chi connectivity index (χ1n) is 9.53. The van der Waals surface area contributed by atoms with E-state index in [4.69, 9.17) is 5.11 Å². The number of hydrogen-bond donors (Lipinski definition) is 2. The van der Waals surface area contributed by atoms with Crippen molar-refractivity contribution in [2.24, 2.45) is 17.8 Å². The van der Waals surface area contributed by atoms with Gasteiger partial charge in [0.15, 0.2) is 0 Å². The highest BCUT2D eigenvalue weighted by molar-refractivity contribution is 5.66. The summed E-state index contributed by atoms with van der Waals surface area (Å²) >= 11 is 0. The Balaban J connectivity index is 1.80. The minimum Gasteiger partial charge on any atom is -0.481 e. The summed E-state index contributed by atoms with van der Waals surface area (Å²) in [5.41, 5.74) is 1.28. The van der Waals surface area contributed by atoms with E-state index in [0.29, 0.717) is 6.42 Å². The zero-order valence-electron chi connectivity index (χ0n) is 15.2. The Kier molecular flexibility index (Phi) is 7.77. The van der Waals surface area contributed by atoms with Gasteiger partial charge in [-0.3, -0.25) is 4.79 Å². The molecule has 2 rings (SSSR count). The van der Waals surface area contributed by atoms with E-state index in [2.05, 4.69) is 43.4 Å². The molecule has 1 saturated carbocycles. The summed E-state index contributed by atoms with van der Waals surface area (Å²) in [7, 11) is 0. The van der Waals surface area contributed by atoms with Gasteiger partial charge in [-0.2, -0.15) is 0 Å². The molecule has 0 saturated heterocycles. The quantitative estimate of drug-likeness (QED) is 0.700. The van der Waals surface area contributed by atoms with Crippen LogP contribution in [0.15, 0.2) is 30.3 Å². The average molecular weight is 332 g/mol. The van der Waals surface area contributed by atoms with Gasteiger partial charge in [-0.1, -0.05) is 44.2 Å². The van der Waals surface area contributed by atoms with Crippen LogP contribution in [0.4, 0.5) is 0 Å². The molecule has 0 radical (unpaired) electrons. The molecule has 1 aromatic rings. The van der Waals surface area contributed by atoms with Gasteiger partial charge in [-0.15, -0.1) is 0 Å². The highest BCUT2D eigenvalue weighted by atomic mass is 16.4. The molecule has 0 spiro atoms. The summed E-state index contributed by atoms with van der Waals surface area (Å²) in [6, 6.07) is 10.6. The number of nitrogens with one attached hydrogen (secondary N) is 1. The maximum absolute atomic E-state index is 10.9. The van der Waals surface area contributed by atoms with Gasteiger partial charge >= 0.3 is 5.97 Å². The number of carboxylic acids is 1. The number of hydrogen-bond acceptors (Lipinski definition) is 2. The zero-order chi connectivity index (χ0) is 17.4. The van der Waals surface area contributed by atoms with Crippen molar-refractivity contribution in [1.29, 1.82) is 0 Å². The Bertz CT molecular complexity index is 478. The lowest BCUT2D eigenvalue weighted by molar-refractivity contribution is -0.137. The third kappa shape index (κ3) is 6.64. The standard InChI is InChI=1S/C21H33NO2/c1-16(2)19-10-8-18(9-11-19)15-22-20(12-13-21(23)24)14-17-6-4-3-5-7-17/h3-7,16,18-20,22H,8-15H2,1-2H3,(H,23,24). The van der Waals surface area contributed by atoms with Crippen LogP contribution in [0.25, 0.3) is 0 Å². The first kappa shape index (κ1) is 19.0. The van der Waals surface area contributed by atoms with Crippen LogP contribution in [0.2, 0.25) is 0 Å². The van der Waals surface area contributed by atoms with Gasteiger partial charge in [0.05, 0.1) is 0 Å². The Hall–Kier alpha value is -1.35. The molecule has 24 heavy (non-hydrogen) atoms. The SMILES string of the molecule is CC(C)C1CCC(CNC(CCC(=O)O)Cc2ccccc2)CC1. The van der Waals surface area contributed by atoms with Crippen molar-refractivity contribution in [3.63, 3.8) is 0 Å². The maximum atomic E-state index is 10.9. The lowest BCUT2D eigenvalue weighted by atomic mass is 9.77. The molecule has 1 aliphatic carbocycles. The Morgan fingerprint density at radius 2 is 1.83 bits per heavy atom. The second-order valence-electron chi connectivity index (χ2n) is 7.75. The van der Waals surface area contributed by atoms with Gasteiger partial charge in [0, 0.05) is 12.5 Å². The smallest absolute Gasteiger partial charge is 0.303 e. The molecule has 0 bridgehead atoms. The molecule has 1 fully saturated rings. The van der Waals surface area contributed by atoms with Crippen LogP contribution in [-0.4, -0.2) is 23.7 Å². The molecule has 1 atom stereocenters. The molecule has 134 valence electrons. The van der Waals surface area contributed by atoms with E-state index in [1.54, 1.807) is 0 Å². The highest BCUT2D eigenvalue weighted by Gasteiger charge is 2.23. The van der Waals surface area contributed by atoms with Crippen LogP contribution >= 0.6 is 0 Å². The van der Waals surface area contributed by atoms with Crippen LogP contribution in [0, 0.1) is 17.8 Å². The normalized spacial score (nSPS) is 22.5. The molecular weight excluding hydrogens is 298 g/mol. The van der Waals surface area contributed by atoms with Crippen molar-refractivity contribution in [2.75, 3.05) is 6.54 Å². The van der Waals surface area contributed by atoms with Crippen LogP contribution in [-0.2, 0) is 11.2 Å². The van der Waals surface area contributed by atoms with E-state index >= 15 is 0 Å². The molecule has 0 heterocycles. The number of benzene rings is 1. The molecule has 1 aromatic carbocycles. The third-order valence-electron chi connectivity index (χ3n) is 5.56. The fourth-order valence-electron chi connectivity index (χ4n) is 3.86. The Morgan fingerprint density at radius 3 is 2.42 bits per heavy atom. The molecule has 2 N–H and O–H groups in total. The minimum absolute atomic E-state index is 0.241.